The molecule has 2 aromatic carbocycles. The molecule has 0 aliphatic carbocycles. The summed E-state index contributed by atoms with van der Waals surface area (Å²) in [4.78, 5) is 12.8. The summed E-state index contributed by atoms with van der Waals surface area (Å²) in [5.41, 5.74) is 2.95. The maximum atomic E-state index is 12.8. The highest BCUT2D eigenvalue weighted by Gasteiger charge is 2.30. The predicted octanol–water partition coefficient (Wildman–Crippen LogP) is 4.87. The molecular weight excluding hydrogens is 378 g/mol. The van der Waals surface area contributed by atoms with Crippen molar-refractivity contribution in [2.45, 2.75) is 38.5 Å². The number of hydrogen-bond acceptors (Lipinski definition) is 2. The molecule has 0 spiro atoms. The van der Waals surface area contributed by atoms with E-state index in [0.29, 0.717) is 18.7 Å². The van der Waals surface area contributed by atoms with Gasteiger partial charge in [0.1, 0.15) is 5.75 Å². The van der Waals surface area contributed by atoms with E-state index >= 15 is 0 Å². The minimum absolute atomic E-state index is 0.0555. The fraction of sp³-hybridized carbons (Fsp3) is 0.381. The number of ether oxygens (including phenoxy) is 1. The molecule has 25 heavy (non-hydrogen) atoms. The van der Waals surface area contributed by atoms with Gasteiger partial charge in [-0.05, 0) is 42.2 Å². The van der Waals surface area contributed by atoms with Crippen LogP contribution in [0.25, 0.3) is 0 Å². The number of fused-ring (bicyclic) bond motifs is 1. The van der Waals surface area contributed by atoms with Gasteiger partial charge in [0.05, 0.1) is 12.2 Å². The molecule has 0 saturated carbocycles. The lowest BCUT2D eigenvalue weighted by atomic mass is 9.75. The Labute approximate surface area is 157 Å². The van der Waals surface area contributed by atoms with Crippen molar-refractivity contribution in [2.75, 3.05) is 13.2 Å². The number of amides is 1. The summed E-state index contributed by atoms with van der Waals surface area (Å²) in [6.45, 7) is 5.63. The highest BCUT2D eigenvalue weighted by molar-refractivity contribution is 9.10. The van der Waals surface area contributed by atoms with Gasteiger partial charge in [0.15, 0.2) is 0 Å². The lowest BCUT2D eigenvalue weighted by Gasteiger charge is -2.33. The quantitative estimate of drug-likeness (QED) is 0.749. The average molecular weight is 402 g/mol. The van der Waals surface area contributed by atoms with Crippen LogP contribution in [-0.4, -0.2) is 19.1 Å². The zero-order chi connectivity index (χ0) is 17.9. The molecule has 0 atom stereocenters. The maximum Gasteiger partial charge on any atom is 0.255 e. The maximum absolute atomic E-state index is 12.8. The van der Waals surface area contributed by atoms with Crippen molar-refractivity contribution in [3.05, 3.63) is 63.6 Å². The van der Waals surface area contributed by atoms with Crippen molar-refractivity contribution >= 4 is 21.8 Å². The standard InChI is InChI=1S/C21H24BrNO2/c1-3-21(4-2,16-8-6-9-17(22)13-16)14-23-20(24)18-10-5-7-15-11-12-25-19(15)18/h5-10,13H,3-4,11-12,14H2,1-2H3,(H,23,24). The van der Waals surface area contributed by atoms with Crippen LogP contribution in [0.1, 0.15) is 48.2 Å². The van der Waals surface area contributed by atoms with Gasteiger partial charge in [-0.3, -0.25) is 4.79 Å². The fourth-order valence-corrected chi connectivity index (χ4v) is 3.97. The van der Waals surface area contributed by atoms with Gasteiger partial charge in [0.25, 0.3) is 5.91 Å². The third-order valence-electron chi connectivity index (χ3n) is 5.34. The number of carbonyl (C=O) groups excluding carboxylic acids is 1. The summed E-state index contributed by atoms with van der Waals surface area (Å²) >= 11 is 3.56. The van der Waals surface area contributed by atoms with E-state index in [9.17, 15) is 4.79 Å². The molecule has 0 aromatic heterocycles. The van der Waals surface area contributed by atoms with Crippen LogP contribution in [0, 0.1) is 0 Å². The van der Waals surface area contributed by atoms with E-state index in [1.165, 1.54) is 5.56 Å². The first-order valence-electron chi connectivity index (χ1n) is 8.88. The average Bonchev–Trinajstić information content (AvgIpc) is 3.11. The van der Waals surface area contributed by atoms with Crippen LogP contribution in [-0.2, 0) is 11.8 Å². The Kier molecular flexibility index (Phi) is 5.48. The highest BCUT2D eigenvalue weighted by Crippen LogP contribution is 2.33. The summed E-state index contributed by atoms with van der Waals surface area (Å²) in [6, 6.07) is 14.2. The van der Waals surface area contributed by atoms with Crippen LogP contribution >= 0.6 is 15.9 Å². The number of para-hydroxylation sites is 1. The number of benzene rings is 2. The van der Waals surface area contributed by atoms with Crippen LogP contribution in [0.3, 0.4) is 0 Å². The third kappa shape index (κ3) is 3.59. The largest absolute Gasteiger partial charge is 0.492 e. The minimum Gasteiger partial charge on any atom is -0.492 e. The van der Waals surface area contributed by atoms with E-state index in [2.05, 4.69) is 53.3 Å². The Hall–Kier alpha value is -1.81. The first kappa shape index (κ1) is 18.0. The van der Waals surface area contributed by atoms with Crippen LogP contribution in [0.15, 0.2) is 46.9 Å². The zero-order valence-corrected chi connectivity index (χ0v) is 16.4. The summed E-state index contributed by atoms with van der Waals surface area (Å²) in [7, 11) is 0. The highest BCUT2D eigenvalue weighted by atomic mass is 79.9. The molecule has 2 aromatic rings. The van der Waals surface area contributed by atoms with Gasteiger partial charge in [-0.25, -0.2) is 0 Å². The molecule has 1 aliphatic rings. The van der Waals surface area contributed by atoms with Crippen LogP contribution in [0.4, 0.5) is 0 Å². The van der Waals surface area contributed by atoms with Gasteiger partial charge in [-0.15, -0.1) is 0 Å². The second-order valence-electron chi connectivity index (χ2n) is 6.57. The van der Waals surface area contributed by atoms with Gasteiger partial charge >= 0.3 is 0 Å². The molecule has 0 fully saturated rings. The van der Waals surface area contributed by atoms with Gasteiger partial charge in [0, 0.05) is 22.9 Å². The van der Waals surface area contributed by atoms with Crippen molar-refractivity contribution in [1.82, 2.24) is 5.32 Å². The Morgan fingerprint density at radius 2 is 1.96 bits per heavy atom. The summed E-state index contributed by atoms with van der Waals surface area (Å²) in [5, 5.41) is 3.16. The number of carbonyl (C=O) groups is 1. The fourth-order valence-electron chi connectivity index (χ4n) is 3.57. The molecule has 0 bridgehead atoms. The van der Waals surface area contributed by atoms with Crippen LogP contribution < -0.4 is 10.1 Å². The number of rotatable bonds is 6. The second-order valence-corrected chi connectivity index (χ2v) is 7.49. The topological polar surface area (TPSA) is 38.3 Å². The van der Waals surface area contributed by atoms with Gasteiger partial charge in [-0.2, -0.15) is 0 Å². The molecule has 1 amide bonds. The Bertz CT molecular complexity index is 768. The SMILES string of the molecule is CCC(CC)(CNC(=O)c1cccc2c1OCC2)c1cccc(Br)c1. The van der Waals surface area contributed by atoms with Gasteiger partial charge in [0.2, 0.25) is 0 Å². The second kappa shape index (κ2) is 7.61. The number of nitrogens with one attached hydrogen (secondary N) is 1. The van der Waals surface area contributed by atoms with Crippen LogP contribution in [0.2, 0.25) is 0 Å². The molecule has 0 unspecified atom stereocenters. The molecule has 3 nitrogen and oxygen atoms in total. The van der Waals surface area contributed by atoms with Crippen molar-refractivity contribution in [3.63, 3.8) is 0 Å². The van der Waals surface area contributed by atoms with Gasteiger partial charge < -0.3 is 10.1 Å². The lowest BCUT2D eigenvalue weighted by molar-refractivity contribution is 0.0938. The molecule has 1 heterocycles. The van der Waals surface area contributed by atoms with E-state index in [0.717, 1.165) is 35.0 Å². The molecule has 0 radical (unpaired) electrons. The van der Waals surface area contributed by atoms with E-state index in [1.54, 1.807) is 0 Å². The lowest BCUT2D eigenvalue weighted by Crippen LogP contribution is -2.40. The van der Waals surface area contributed by atoms with Crippen molar-refractivity contribution in [3.8, 4) is 5.75 Å². The zero-order valence-electron chi connectivity index (χ0n) is 14.8. The third-order valence-corrected chi connectivity index (χ3v) is 5.83. The first-order valence-corrected chi connectivity index (χ1v) is 9.68. The molecule has 1 N–H and O–H groups in total. The predicted molar refractivity (Wildman–Crippen MR) is 104 cm³/mol. The van der Waals surface area contributed by atoms with E-state index in [1.807, 2.05) is 24.3 Å². The smallest absolute Gasteiger partial charge is 0.255 e. The molecule has 1 aliphatic heterocycles. The van der Waals surface area contributed by atoms with E-state index in [4.69, 9.17) is 4.74 Å². The molecule has 3 rings (SSSR count). The van der Waals surface area contributed by atoms with E-state index < -0.39 is 0 Å². The first-order chi connectivity index (χ1) is 12.1. The van der Waals surface area contributed by atoms with E-state index in [-0.39, 0.29) is 11.3 Å². The summed E-state index contributed by atoms with van der Waals surface area (Å²) < 4.78 is 6.74. The van der Waals surface area contributed by atoms with Crippen molar-refractivity contribution < 1.29 is 9.53 Å². The van der Waals surface area contributed by atoms with Crippen LogP contribution in [0.5, 0.6) is 5.75 Å². The Morgan fingerprint density at radius 1 is 1.20 bits per heavy atom. The summed E-state index contributed by atoms with van der Waals surface area (Å²) in [6.07, 6.45) is 2.80. The Balaban J connectivity index is 1.80. The molecule has 132 valence electrons. The van der Waals surface area contributed by atoms with Gasteiger partial charge in [-0.1, -0.05) is 54.0 Å². The Morgan fingerprint density at radius 3 is 2.68 bits per heavy atom. The minimum atomic E-state index is -0.0712. The molecular formula is C21H24BrNO2. The number of hydrogen-bond donors (Lipinski definition) is 1. The monoisotopic (exact) mass is 401 g/mol. The summed E-state index contributed by atoms with van der Waals surface area (Å²) in [5.74, 6) is 0.695. The molecule has 4 heteroatoms. The van der Waals surface area contributed by atoms with Crippen molar-refractivity contribution in [2.24, 2.45) is 0 Å². The van der Waals surface area contributed by atoms with Crippen molar-refractivity contribution in [1.29, 1.82) is 0 Å². The molecule has 0 saturated heterocycles. The number of halogens is 1. The normalized spacial score (nSPS) is 13.2.